The Balaban J connectivity index is 1.78. The van der Waals surface area contributed by atoms with Crippen molar-refractivity contribution in [2.45, 2.75) is 31.3 Å². The summed E-state index contributed by atoms with van der Waals surface area (Å²) in [6, 6.07) is 6.30. The van der Waals surface area contributed by atoms with Crippen LogP contribution in [-0.2, 0) is 4.79 Å². The van der Waals surface area contributed by atoms with Crippen molar-refractivity contribution < 1.29 is 9.53 Å². The molecule has 1 saturated carbocycles. The average molecular weight is 325 g/mol. The number of hydrogen-bond acceptors (Lipinski definition) is 3. The molecule has 0 bridgehead atoms. The summed E-state index contributed by atoms with van der Waals surface area (Å²) in [6.07, 6.45) is 3.28. The van der Waals surface area contributed by atoms with Gasteiger partial charge < -0.3 is 15.0 Å². The van der Waals surface area contributed by atoms with Crippen LogP contribution in [0.25, 0.3) is 0 Å². The predicted octanol–water partition coefficient (Wildman–Crippen LogP) is 2.31. The van der Waals surface area contributed by atoms with Crippen LogP contribution in [0.2, 0.25) is 0 Å². The van der Waals surface area contributed by atoms with Crippen molar-refractivity contribution in [3.05, 3.63) is 22.7 Å². The number of methoxy groups -OCH3 is 1. The molecule has 5 heteroatoms. The van der Waals surface area contributed by atoms with Crippen molar-refractivity contribution >= 4 is 27.5 Å². The quantitative estimate of drug-likeness (QED) is 0.924. The predicted molar refractivity (Wildman–Crippen MR) is 77.6 cm³/mol. The van der Waals surface area contributed by atoms with Crippen LogP contribution in [0.3, 0.4) is 0 Å². The van der Waals surface area contributed by atoms with Crippen LogP contribution >= 0.6 is 15.9 Å². The molecule has 1 amide bonds. The number of nitrogens with one attached hydrogen (secondary N) is 1. The molecule has 1 unspecified atom stereocenters. The number of anilines is 1. The minimum absolute atomic E-state index is 0.0162. The highest BCUT2D eigenvalue weighted by Crippen LogP contribution is 2.30. The second kappa shape index (κ2) is 5.13. The van der Waals surface area contributed by atoms with E-state index in [4.69, 9.17) is 4.74 Å². The molecule has 1 heterocycles. The molecule has 0 spiro atoms. The minimum atomic E-state index is -0.0162. The van der Waals surface area contributed by atoms with Gasteiger partial charge in [-0.3, -0.25) is 4.79 Å². The number of carbonyl (C=O) groups excluding carboxylic acids is 1. The highest BCUT2D eigenvalue weighted by Gasteiger charge is 2.36. The Kier molecular flexibility index (Phi) is 3.50. The molecule has 0 aromatic heterocycles. The number of amides is 1. The second-order valence-corrected chi connectivity index (χ2v) is 6.04. The molecule has 2 aliphatic rings. The second-order valence-electron chi connectivity index (χ2n) is 5.12. The van der Waals surface area contributed by atoms with Gasteiger partial charge in [0.1, 0.15) is 5.75 Å². The summed E-state index contributed by atoms with van der Waals surface area (Å²) in [6.45, 7) is 0.767. The van der Waals surface area contributed by atoms with Crippen molar-refractivity contribution in [1.29, 1.82) is 0 Å². The molecule has 1 N–H and O–H groups in total. The fourth-order valence-corrected chi connectivity index (χ4v) is 2.91. The van der Waals surface area contributed by atoms with Crippen LogP contribution in [0.15, 0.2) is 22.7 Å². The van der Waals surface area contributed by atoms with Crippen LogP contribution in [0, 0.1) is 0 Å². The van der Waals surface area contributed by atoms with E-state index in [9.17, 15) is 4.79 Å². The number of carbonyl (C=O) groups is 1. The summed E-state index contributed by atoms with van der Waals surface area (Å²) in [5.74, 6) is 0.933. The Labute approximate surface area is 121 Å². The fourth-order valence-electron chi connectivity index (χ4n) is 2.45. The third-order valence-corrected chi connectivity index (χ3v) is 4.08. The van der Waals surface area contributed by atoms with Gasteiger partial charge in [-0.05, 0) is 31.4 Å². The van der Waals surface area contributed by atoms with Crippen molar-refractivity contribution in [2.75, 3.05) is 18.6 Å². The van der Waals surface area contributed by atoms with Gasteiger partial charge in [-0.25, -0.2) is 0 Å². The largest absolute Gasteiger partial charge is 0.497 e. The Hall–Kier alpha value is -1.07. The Morgan fingerprint density at radius 3 is 2.79 bits per heavy atom. The molecule has 1 atom stereocenters. The van der Waals surface area contributed by atoms with Crippen LogP contribution in [0.1, 0.15) is 19.3 Å². The normalized spacial score (nSPS) is 22.9. The number of rotatable bonds is 4. The number of hydrogen-bond donors (Lipinski definition) is 1. The van der Waals surface area contributed by atoms with E-state index in [1.54, 1.807) is 7.11 Å². The first-order valence-corrected chi connectivity index (χ1v) is 7.38. The van der Waals surface area contributed by atoms with Crippen molar-refractivity contribution in [1.82, 2.24) is 5.32 Å². The van der Waals surface area contributed by atoms with E-state index in [-0.39, 0.29) is 11.9 Å². The first kappa shape index (κ1) is 12.9. The Morgan fingerprint density at radius 2 is 2.11 bits per heavy atom. The van der Waals surface area contributed by atoms with Crippen molar-refractivity contribution in [3.63, 3.8) is 0 Å². The zero-order chi connectivity index (χ0) is 13.4. The molecule has 19 heavy (non-hydrogen) atoms. The number of benzene rings is 1. The molecule has 3 rings (SSSR count). The summed E-state index contributed by atoms with van der Waals surface area (Å²) in [4.78, 5) is 14.2. The van der Waals surface area contributed by atoms with E-state index in [0.29, 0.717) is 6.04 Å². The van der Waals surface area contributed by atoms with Gasteiger partial charge in [0.25, 0.3) is 0 Å². The van der Waals surface area contributed by atoms with Gasteiger partial charge >= 0.3 is 0 Å². The lowest BCUT2D eigenvalue weighted by Crippen LogP contribution is -2.39. The molecule has 1 aromatic carbocycles. The third kappa shape index (κ3) is 2.77. The summed E-state index contributed by atoms with van der Waals surface area (Å²) in [5, 5.41) is 3.41. The van der Waals surface area contributed by atoms with Crippen molar-refractivity contribution in [3.8, 4) is 5.75 Å². The lowest BCUT2D eigenvalue weighted by molar-refractivity contribution is -0.118. The zero-order valence-corrected chi connectivity index (χ0v) is 12.4. The molecule has 4 nitrogen and oxygen atoms in total. The van der Waals surface area contributed by atoms with Gasteiger partial charge in [0.2, 0.25) is 5.91 Å². The maximum Gasteiger partial charge on any atom is 0.244 e. The fraction of sp³-hybridized carbons (Fsp3) is 0.500. The van der Waals surface area contributed by atoms with Gasteiger partial charge in [-0.1, -0.05) is 15.9 Å². The third-order valence-electron chi connectivity index (χ3n) is 3.62. The number of ether oxygens (including phenoxy) is 1. The molecule has 102 valence electrons. The van der Waals surface area contributed by atoms with Crippen molar-refractivity contribution in [2.24, 2.45) is 0 Å². The summed E-state index contributed by atoms with van der Waals surface area (Å²) in [5.41, 5.74) is 0.899. The summed E-state index contributed by atoms with van der Waals surface area (Å²) in [7, 11) is 1.63. The Bertz CT molecular complexity index is 502. The van der Waals surface area contributed by atoms with Gasteiger partial charge in [0.15, 0.2) is 0 Å². The van der Waals surface area contributed by atoms with Crippen LogP contribution in [-0.4, -0.2) is 31.6 Å². The van der Waals surface area contributed by atoms with Crippen LogP contribution < -0.4 is 15.0 Å². The molecule has 0 radical (unpaired) electrons. The molecule has 1 aliphatic heterocycles. The SMILES string of the molecule is COc1cc(Br)cc(N2CCC(NC3CC3)C2=O)c1. The van der Waals surface area contributed by atoms with E-state index in [1.807, 2.05) is 23.1 Å². The smallest absolute Gasteiger partial charge is 0.244 e. The topological polar surface area (TPSA) is 41.6 Å². The lowest BCUT2D eigenvalue weighted by Gasteiger charge is -2.18. The van der Waals surface area contributed by atoms with Gasteiger partial charge in [0, 0.05) is 28.8 Å². The van der Waals surface area contributed by atoms with Gasteiger partial charge in [-0.15, -0.1) is 0 Å². The Morgan fingerprint density at radius 1 is 1.32 bits per heavy atom. The maximum absolute atomic E-state index is 12.4. The first-order chi connectivity index (χ1) is 9.17. The highest BCUT2D eigenvalue weighted by atomic mass is 79.9. The average Bonchev–Trinajstić information content (AvgIpc) is 3.13. The lowest BCUT2D eigenvalue weighted by atomic mass is 10.2. The van der Waals surface area contributed by atoms with E-state index in [1.165, 1.54) is 12.8 Å². The first-order valence-electron chi connectivity index (χ1n) is 6.59. The van der Waals surface area contributed by atoms with E-state index < -0.39 is 0 Å². The number of nitrogens with zero attached hydrogens (tertiary/aromatic N) is 1. The van der Waals surface area contributed by atoms with E-state index in [0.717, 1.165) is 28.9 Å². The van der Waals surface area contributed by atoms with Crippen LogP contribution in [0.4, 0.5) is 5.69 Å². The van der Waals surface area contributed by atoms with Gasteiger partial charge in [-0.2, -0.15) is 0 Å². The molecule has 1 aliphatic carbocycles. The van der Waals surface area contributed by atoms with E-state index >= 15 is 0 Å². The molecule has 1 saturated heterocycles. The molecule has 2 fully saturated rings. The molecule has 1 aromatic rings. The standard InChI is InChI=1S/C14H17BrN2O2/c1-19-12-7-9(15)6-11(8-12)17-5-4-13(14(17)18)16-10-2-3-10/h6-8,10,13,16H,2-5H2,1H3. The van der Waals surface area contributed by atoms with Gasteiger partial charge in [0.05, 0.1) is 13.2 Å². The zero-order valence-electron chi connectivity index (χ0n) is 10.9. The molecular weight excluding hydrogens is 308 g/mol. The highest BCUT2D eigenvalue weighted by molar-refractivity contribution is 9.10. The molecular formula is C14H17BrN2O2. The monoisotopic (exact) mass is 324 g/mol. The number of halogens is 1. The minimum Gasteiger partial charge on any atom is -0.497 e. The summed E-state index contributed by atoms with van der Waals surface area (Å²) < 4.78 is 6.17. The summed E-state index contributed by atoms with van der Waals surface area (Å²) >= 11 is 3.45. The maximum atomic E-state index is 12.4. The van der Waals surface area contributed by atoms with Crippen LogP contribution in [0.5, 0.6) is 5.75 Å². The van der Waals surface area contributed by atoms with E-state index in [2.05, 4.69) is 21.2 Å².